The normalized spacial score (nSPS) is 16.7. The number of hydrogen-bond donors (Lipinski definition) is 0. The molecule has 3 aromatic carbocycles. The van der Waals surface area contributed by atoms with Gasteiger partial charge in [-0.05, 0) is 74.9 Å². The zero-order valence-electron chi connectivity index (χ0n) is 26.7. The molecule has 45 heavy (non-hydrogen) atoms. The van der Waals surface area contributed by atoms with Gasteiger partial charge in [0, 0.05) is 52.3 Å². The van der Waals surface area contributed by atoms with E-state index >= 15 is 0 Å². The van der Waals surface area contributed by atoms with Gasteiger partial charge in [-0.2, -0.15) is 5.10 Å². The summed E-state index contributed by atoms with van der Waals surface area (Å²) >= 11 is 0. The van der Waals surface area contributed by atoms with Crippen molar-refractivity contribution in [1.82, 2.24) is 19.3 Å². The smallest absolute Gasteiger partial charge is 0.141 e. The first-order valence-corrected chi connectivity index (χ1v) is 16.1. The Bertz CT molecular complexity index is 2050. The molecule has 6 heteroatoms. The summed E-state index contributed by atoms with van der Waals surface area (Å²) in [5.41, 5.74) is 8.53. The minimum absolute atomic E-state index is 0.425. The molecule has 7 rings (SSSR count). The predicted molar refractivity (Wildman–Crippen MR) is 182 cm³/mol. The maximum atomic E-state index is 6.56. The van der Waals surface area contributed by atoms with E-state index in [2.05, 4.69) is 97.6 Å². The number of benzene rings is 3. The van der Waals surface area contributed by atoms with Crippen LogP contribution in [0.4, 0.5) is 0 Å². The van der Waals surface area contributed by atoms with Crippen LogP contribution in [0.25, 0.3) is 33.3 Å². The molecule has 3 aromatic heterocycles. The molecule has 0 saturated carbocycles. The van der Waals surface area contributed by atoms with Gasteiger partial charge in [0.05, 0.1) is 29.5 Å². The molecule has 0 bridgehead atoms. The number of nitrogens with zero attached hydrogens (tertiary/aromatic N) is 4. The summed E-state index contributed by atoms with van der Waals surface area (Å²) < 4.78 is 16.4. The molecular weight excluding hydrogens is 556 g/mol. The van der Waals surface area contributed by atoms with Crippen LogP contribution in [0.1, 0.15) is 63.4 Å². The van der Waals surface area contributed by atoms with E-state index in [0.717, 1.165) is 63.4 Å². The van der Waals surface area contributed by atoms with Crippen molar-refractivity contribution in [2.75, 3.05) is 7.11 Å². The van der Waals surface area contributed by atoms with Gasteiger partial charge in [-0.1, -0.05) is 56.7 Å². The molecular formula is C39H40N4O2. The number of aromatic nitrogens is 4. The quantitative estimate of drug-likeness (QED) is 0.164. The van der Waals surface area contributed by atoms with Crippen molar-refractivity contribution in [3.8, 4) is 28.8 Å². The third kappa shape index (κ3) is 5.08. The van der Waals surface area contributed by atoms with Crippen LogP contribution in [-0.4, -0.2) is 26.4 Å². The van der Waals surface area contributed by atoms with Gasteiger partial charge < -0.3 is 9.47 Å². The van der Waals surface area contributed by atoms with E-state index in [9.17, 15) is 0 Å². The van der Waals surface area contributed by atoms with E-state index in [0.29, 0.717) is 11.8 Å². The highest BCUT2D eigenvalue weighted by molar-refractivity contribution is 6.09. The Morgan fingerprint density at radius 3 is 2.47 bits per heavy atom. The minimum atomic E-state index is 0.425. The first kappa shape index (κ1) is 28.9. The maximum absolute atomic E-state index is 6.56. The molecule has 6 nitrogen and oxygen atoms in total. The molecule has 0 fully saturated rings. The van der Waals surface area contributed by atoms with Crippen molar-refractivity contribution in [2.45, 2.75) is 59.3 Å². The molecule has 0 unspecified atom stereocenters. The molecule has 228 valence electrons. The van der Waals surface area contributed by atoms with Gasteiger partial charge in [-0.25, -0.2) is 9.67 Å². The molecule has 6 aromatic rings. The van der Waals surface area contributed by atoms with Gasteiger partial charge in [0.15, 0.2) is 0 Å². The van der Waals surface area contributed by atoms with Crippen LogP contribution >= 0.6 is 0 Å². The number of ether oxygens (including phenoxy) is 2. The van der Waals surface area contributed by atoms with Gasteiger partial charge in [0.2, 0.25) is 0 Å². The zero-order valence-corrected chi connectivity index (χ0v) is 26.7. The van der Waals surface area contributed by atoms with Gasteiger partial charge in [0.25, 0.3) is 0 Å². The largest absolute Gasteiger partial charge is 0.497 e. The number of para-hydroxylation sites is 1. The van der Waals surface area contributed by atoms with E-state index in [1.165, 1.54) is 35.4 Å². The van der Waals surface area contributed by atoms with Crippen LogP contribution in [0.5, 0.6) is 17.2 Å². The van der Waals surface area contributed by atoms with Gasteiger partial charge >= 0.3 is 0 Å². The Kier molecular flexibility index (Phi) is 7.66. The van der Waals surface area contributed by atoms with Gasteiger partial charge in [0.1, 0.15) is 23.1 Å². The van der Waals surface area contributed by atoms with E-state index in [4.69, 9.17) is 19.6 Å². The lowest BCUT2D eigenvalue weighted by molar-refractivity contribution is 0.414. The van der Waals surface area contributed by atoms with Crippen molar-refractivity contribution < 1.29 is 9.47 Å². The molecule has 0 aliphatic heterocycles. The number of hydrogen-bond acceptors (Lipinski definition) is 4. The van der Waals surface area contributed by atoms with Gasteiger partial charge in [-0.3, -0.25) is 4.57 Å². The molecule has 2 atom stereocenters. The number of aryl methyl sites for hydroxylation is 1. The number of fused-ring (bicyclic) bond motifs is 3. The zero-order chi connectivity index (χ0) is 31.1. The fourth-order valence-electron chi connectivity index (χ4n) is 7.24. The highest BCUT2D eigenvalue weighted by Gasteiger charge is 2.31. The monoisotopic (exact) mass is 596 g/mol. The molecule has 3 heterocycles. The van der Waals surface area contributed by atoms with Crippen LogP contribution in [0.15, 0.2) is 96.7 Å². The number of allylic oxidation sites excluding steroid dienone is 2. The van der Waals surface area contributed by atoms with Crippen LogP contribution in [0.2, 0.25) is 0 Å². The Morgan fingerprint density at radius 2 is 1.67 bits per heavy atom. The average Bonchev–Trinajstić information content (AvgIpc) is 3.60. The lowest BCUT2D eigenvalue weighted by Gasteiger charge is -2.30. The summed E-state index contributed by atoms with van der Waals surface area (Å²) in [6, 6.07) is 26.8. The molecule has 1 aliphatic rings. The highest BCUT2D eigenvalue weighted by Crippen LogP contribution is 2.42. The summed E-state index contributed by atoms with van der Waals surface area (Å²) in [4.78, 5) is 4.69. The number of rotatable bonds is 8. The molecule has 0 spiro atoms. The molecule has 1 aliphatic carbocycles. The Balaban J connectivity index is 1.29. The van der Waals surface area contributed by atoms with Crippen LogP contribution in [-0.2, 0) is 12.8 Å². The van der Waals surface area contributed by atoms with Crippen molar-refractivity contribution >= 4 is 21.8 Å². The van der Waals surface area contributed by atoms with E-state index < -0.39 is 0 Å². The second-order valence-corrected chi connectivity index (χ2v) is 12.1. The van der Waals surface area contributed by atoms with Crippen LogP contribution in [0, 0.1) is 5.92 Å². The van der Waals surface area contributed by atoms with E-state index in [1.807, 2.05) is 24.3 Å². The van der Waals surface area contributed by atoms with Crippen molar-refractivity contribution in [1.29, 1.82) is 0 Å². The molecule has 0 N–H and O–H groups in total. The first-order valence-electron chi connectivity index (χ1n) is 16.1. The van der Waals surface area contributed by atoms with Gasteiger partial charge in [-0.15, -0.1) is 0 Å². The summed E-state index contributed by atoms with van der Waals surface area (Å²) in [5, 5.41) is 7.50. The second-order valence-electron chi connectivity index (χ2n) is 12.1. The van der Waals surface area contributed by atoms with Crippen molar-refractivity contribution in [3.05, 3.63) is 114 Å². The number of methoxy groups -OCH3 is 1. The summed E-state index contributed by atoms with van der Waals surface area (Å²) in [7, 11) is 1.68. The van der Waals surface area contributed by atoms with E-state index in [1.54, 1.807) is 13.3 Å². The lowest BCUT2D eigenvalue weighted by atomic mass is 9.74. The summed E-state index contributed by atoms with van der Waals surface area (Å²) in [6.07, 6.45) is 8.43. The standard InChI is InChI=1S/C39H40N4O2/c1-6-33-39(38-25(3)12-10-13-26(38)4)34(7-2)43(41-33)27-14-11-15-29(22-27)45-30-18-19-32-31-16-8-9-17-35(31)42(36(32)23-30)37-24-28(44-5)20-21-40-37/h8-9,11-12,14-24,26,38H,6-7,10,13H2,1-5H3/t26-,38+/m0/s1. The Hall–Kier alpha value is -4.84. The minimum Gasteiger partial charge on any atom is -0.497 e. The van der Waals surface area contributed by atoms with Crippen LogP contribution < -0.4 is 9.47 Å². The van der Waals surface area contributed by atoms with Crippen LogP contribution in [0.3, 0.4) is 0 Å². The topological polar surface area (TPSA) is 54.1 Å². The Labute approximate surface area is 264 Å². The average molecular weight is 597 g/mol. The molecule has 0 radical (unpaired) electrons. The molecule has 0 amide bonds. The summed E-state index contributed by atoms with van der Waals surface area (Å²) in [5.74, 6) is 4.12. The fraction of sp³-hybridized carbons (Fsp3) is 0.282. The van der Waals surface area contributed by atoms with Crippen molar-refractivity contribution in [3.63, 3.8) is 0 Å². The SMILES string of the molecule is CCc1nn(-c2cccc(Oc3ccc4c5ccccc5n(-c5cc(OC)ccn5)c4c3)c2)c(CC)c1[C@@H]1C(C)=CCC[C@@H]1C. The first-order chi connectivity index (χ1) is 22.0. The number of pyridine rings is 1. The second kappa shape index (κ2) is 11.9. The van der Waals surface area contributed by atoms with E-state index in [-0.39, 0.29) is 0 Å². The summed E-state index contributed by atoms with van der Waals surface area (Å²) in [6.45, 7) is 9.16. The third-order valence-electron chi connectivity index (χ3n) is 9.35. The predicted octanol–water partition coefficient (Wildman–Crippen LogP) is 9.75. The Morgan fingerprint density at radius 1 is 0.844 bits per heavy atom. The maximum Gasteiger partial charge on any atom is 0.141 e. The van der Waals surface area contributed by atoms with Crippen molar-refractivity contribution in [2.24, 2.45) is 5.92 Å². The lowest BCUT2D eigenvalue weighted by Crippen LogP contribution is -2.17. The molecule has 0 saturated heterocycles. The highest BCUT2D eigenvalue weighted by atomic mass is 16.5. The third-order valence-corrected chi connectivity index (χ3v) is 9.35. The fourth-order valence-corrected chi connectivity index (χ4v) is 7.24.